The molecular weight excluding hydrogens is 284 g/mol. The Kier molecular flexibility index (Phi) is 6.85. The van der Waals surface area contributed by atoms with Crippen LogP contribution in [0.25, 0.3) is 6.08 Å². The number of likely N-dealkylation sites (tertiary alicyclic amines) is 1. The molecule has 3 heteroatoms. The van der Waals surface area contributed by atoms with Gasteiger partial charge < -0.3 is 9.80 Å². The van der Waals surface area contributed by atoms with E-state index >= 15 is 0 Å². The van der Waals surface area contributed by atoms with Gasteiger partial charge in [-0.15, -0.1) is 0 Å². The number of nitrogens with one attached hydrogen (secondary N) is 1. The third kappa shape index (κ3) is 5.21. The van der Waals surface area contributed by atoms with E-state index in [1.165, 1.54) is 17.7 Å². The first-order valence-electron chi connectivity index (χ1n) is 8.98. The zero-order chi connectivity index (χ0) is 16.7. The highest BCUT2D eigenvalue weighted by molar-refractivity contribution is 5.78. The topological polar surface area (TPSA) is 24.8 Å². The standard InChI is InChI=1S/C20H30N2O/c1-4-22(5-2)20(23)19-12-9-13-21(16-19)15-17(3)14-18-10-7-6-8-11-18/h6-8,10-11,14,19H,4-5,9,12-13,15-16H2,1-3H3/p+1/b17-14+/t19-/m1/s1. The van der Waals surface area contributed by atoms with Gasteiger partial charge in [0, 0.05) is 13.1 Å². The molecule has 0 aliphatic carbocycles. The summed E-state index contributed by atoms with van der Waals surface area (Å²) >= 11 is 0. The molecule has 1 aromatic carbocycles. The zero-order valence-electron chi connectivity index (χ0n) is 14.8. The first-order chi connectivity index (χ1) is 11.1. The maximum atomic E-state index is 12.6. The number of carbonyl (C=O) groups is 1. The third-order valence-corrected chi connectivity index (χ3v) is 4.78. The summed E-state index contributed by atoms with van der Waals surface area (Å²) in [4.78, 5) is 16.1. The Bertz CT molecular complexity index is 520. The molecular formula is C20H31N2O+. The van der Waals surface area contributed by atoms with Crippen molar-refractivity contribution in [1.82, 2.24) is 4.90 Å². The SMILES string of the molecule is CCN(CC)C(=O)[C@@H]1CCC[NH+](C/C(C)=C/c2ccccc2)C1. The lowest BCUT2D eigenvalue weighted by molar-refractivity contribution is -0.902. The average molecular weight is 315 g/mol. The zero-order valence-corrected chi connectivity index (χ0v) is 14.8. The summed E-state index contributed by atoms with van der Waals surface area (Å²) in [6.45, 7) is 11.2. The Morgan fingerprint density at radius 3 is 2.61 bits per heavy atom. The highest BCUT2D eigenvalue weighted by Gasteiger charge is 2.30. The number of nitrogens with zero attached hydrogens (tertiary/aromatic N) is 1. The monoisotopic (exact) mass is 315 g/mol. The van der Waals surface area contributed by atoms with Crippen LogP contribution in [0.2, 0.25) is 0 Å². The van der Waals surface area contributed by atoms with Gasteiger partial charge in [-0.25, -0.2) is 0 Å². The number of piperidine rings is 1. The van der Waals surface area contributed by atoms with E-state index in [1.807, 2.05) is 11.0 Å². The van der Waals surface area contributed by atoms with E-state index in [-0.39, 0.29) is 5.92 Å². The van der Waals surface area contributed by atoms with E-state index in [4.69, 9.17) is 0 Å². The van der Waals surface area contributed by atoms with Gasteiger partial charge in [-0.05, 0) is 44.7 Å². The molecule has 3 nitrogen and oxygen atoms in total. The van der Waals surface area contributed by atoms with Gasteiger partial charge >= 0.3 is 0 Å². The van der Waals surface area contributed by atoms with E-state index in [0.29, 0.717) is 5.91 Å². The van der Waals surface area contributed by atoms with Crippen molar-refractivity contribution in [3.8, 4) is 0 Å². The second-order valence-corrected chi connectivity index (χ2v) is 6.63. The Morgan fingerprint density at radius 1 is 1.26 bits per heavy atom. The second kappa shape index (κ2) is 8.88. The summed E-state index contributed by atoms with van der Waals surface area (Å²) in [7, 11) is 0. The lowest BCUT2D eigenvalue weighted by atomic mass is 9.96. The van der Waals surface area contributed by atoms with E-state index in [0.717, 1.165) is 39.0 Å². The van der Waals surface area contributed by atoms with Crippen LogP contribution in [0.3, 0.4) is 0 Å². The molecule has 1 amide bonds. The summed E-state index contributed by atoms with van der Waals surface area (Å²) in [6.07, 6.45) is 4.48. The third-order valence-electron chi connectivity index (χ3n) is 4.78. The fourth-order valence-corrected chi connectivity index (χ4v) is 3.60. The molecule has 2 rings (SSSR count). The second-order valence-electron chi connectivity index (χ2n) is 6.63. The van der Waals surface area contributed by atoms with Crippen molar-refractivity contribution in [1.29, 1.82) is 0 Å². The van der Waals surface area contributed by atoms with E-state index in [1.54, 1.807) is 4.90 Å². The van der Waals surface area contributed by atoms with Gasteiger partial charge in [0.15, 0.2) is 0 Å². The van der Waals surface area contributed by atoms with Crippen LogP contribution < -0.4 is 4.90 Å². The predicted molar refractivity (Wildman–Crippen MR) is 96.3 cm³/mol. The summed E-state index contributed by atoms with van der Waals surface area (Å²) in [6, 6.07) is 10.5. The summed E-state index contributed by atoms with van der Waals surface area (Å²) < 4.78 is 0. The lowest BCUT2D eigenvalue weighted by Gasteiger charge is -2.32. The minimum atomic E-state index is 0.211. The lowest BCUT2D eigenvalue weighted by Crippen LogP contribution is -3.14. The largest absolute Gasteiger partial charge is 0.343 e. The van der Waals surface area contributed by atoms with E-state index in [9.17, 15) is 4.79 Å². The Balaban J connectivity index is 1.93. The average Bonchev–Trinajstić information content (AvgIpc) is 2.57. The van der Waals surface area contributed by atoms with Crippen molar-refractivity contribution >= 4 is 12.0 Å². The molecule has 0 spiro atoms. The van der Waals surface area contributed by atoms with Crippen molar-refractivity contribution in [3.05, 3.63) is 41.5 Å². The molecule has 0 radical (unpaired) electrons. The smallest absolute Gasteiger partial charge is 0.231 e. The number of carbonyl (C=O) groups excluding carboxylic acids is 1. The summed E-state index contributed by atoms with van der Waals surface area (Å²) in [5.74, 6) is 0.570. The molecule has 0 saturated carbocycles. The Morgan fingerprint density at radius 2 is 1.96 bits per heavy atom. The van der Waals surface area contributed by atoms with Crippen LogP contribution >= 0.6 is 0 Å². The van der Waals surface area contributed by atoms with Crippen LogP contribution in [0.4, 0.5) is 0 Å². The number of rotatable bonds is 6. The summed E-state index contributed by atoms with van der Waals surface area (Å²) in [5, 5.41) is 0. The molecule has 1 aliphatic rings. The van der Waals surface area contributed by atoms with Crippen LogP contribution in [0.5, 0.6) is 0 Å². The first-order valence-corrected chi connectivity index (χ1v) is 8.98. The number of quaternary nitrogens is 1. The maximum Gasteiger partial charge on any atom is 0.231 e. The van der Waals surface area contributed by atoms with Crippen LogP contribution in [-0.4, -0.2) is 43.5 Å². The van der Waals surface area contributed by atoms with E-state index in [2.05, 4.69) is 51.1 Å². The highest BCUT2D eigenvalue weighted by atomic mass is 16.2. The molecule has 1 heterocycles. The Labute approximate surface area is 141 Å². The number of hydrogen-bond donors (Lipinski definition) is 1. The molecule has 1 unspecified atom stereocenters. The van der Waals surface area contributed by atoms with Crippen molar-refractivity contribution < 1.29 is 9.69 Å². The molecule has 1 N–H and O–H groups in total. The van der Waals surface area contributed by atoms with Gasteiger partial charge in [-0.2, -0.15) is 0 Å². The van der Waals surface area contributed by atoms with Crippen LogP contribution in [0.1, 0.15) is 39.2 Å². The predicted octanol–water partition coefficient (Wildman–Crippen LogP) is 2.25. The summed E-state index contributed by atoms with van der Waals surface area (Å²) in [5.41, 5.74) is 2.65. The maximum absolute atomic E-state index is 12.6. The van der Waals surface area contributed by atoms with Gasteiger partial charge in [0.05, 0.1) is 25.6 Å². The number of amides is 1. The number of hydrogen-bond acceptors (Lipinski definition) is 1. The molecule has 1 aliphatic heterocycles. The number of benzene rings is 1. The highest BCUT2D eigenvalue weighted by Crippen LogP contribution is 2.12. The van der Waals surface area contributed by atoms with Gasteiger partial charge in [0.25, 0.3) is 0 Å². The molecule has 2 atom stereocenters. The minimum Gasteiger partial charge on any atom is -0.343 e. The van der Waals surface area contributed by atoms with Crippen molar-refractivity contribution in [2.75, 3.05) is 32.7 Å². The Hall–Kier alpha value is -1.61. The van der Waals surface area contributed by atoms with Crippen molar-refractivity contribution in [3.63, 3.8) is 0 Å². The van der Waals surface area contributed by atoms with Gasteiger partial charge in [-0.1, -0.05) is 36.4 Å². The fourth-order valence-electron chi connectivity index (χ4n) is 3.60. The van der Waals surface area contributed by atoms with Crippen LogP contribution in [0.15, 0.2) is 35.9 Å². The molecule has 23 heavy (non-hydrogen) atoms. The van der Waals surface area contributed by atoms with Crippen molar-refractivity contribution in [2.24, 2.45) is 5.92 Å². The van der Waals surface area contributed by atoms with Crippen molar-refractivity contribution in [2.45, 2.75) is 33.6 Å². The quantitative estimate of drug-likeness (QED) is 0.856. The van der Waals surface area contributed by atoms with Gasteiger partial charge in [0.1, 0.15) is 0 Å². The molecule has 1 fully saturated rings. The molecule has 1 saturated heterocycles. The van der Waals surface area contributed by atoms with Crippen LogP contribution in [-0.2, 0) is 4.79 Å². The minimum absolute atomic E-state index is 0.211. The molecule has 126 valence electrons. The molecule has 1 aromatic rings. The normalized spacial score (nSPS) is 22.0. The first kappa shape index (κ1) is 17.7. The van der Waals surface area contributed by atoms with E-state index < -0.39 is 0 Å². The van der Waals surface area contributed by atoms with Gasteiger partial charge in [0.2, 0.25) is 5.91 Å². The fraction of sp³-hybridized carbons (Fsp3) is 0.550. The van der Waals surface area contributed by atoms with Crippen LogP contribution in [0, 0.1) is 5.92 Å². The molecule has 0 bridgehead atoms. The van der Waals surface area contributed by atoms with Gasteiger partial charge in [-0.3, -0.25) is 4.79 Å². The molecule has 0 aromatic heterocycles.